The molecule has 2 saturated carbocycles. The highest BCUT2D eigenvalue weighted by Gasteiger charge is 2.26. The first-order valence-electron chi connectivity index (χ1n) is 8.71. The number of hydrogen-bond acceptors (Lipinski definition) is 1. The molecule has 0 aliphatic heterocycles. The van der Waals surface area contributed by atoms with E-state index in [0.717, 1.165) is 18.4 Å². The number of rotatable bonds is 6. The maximum atomic E-state index is 3.80. The topological polar surface area (TPSA) is 12.0 Å². The van der Waals surface area contributed by atoms with Crippen molar-refractivity contribution in [2.45, 2.75) is 70.3 Å². The van der Waals surface area contributed by atoms with Crippen LogP contribution < -0.4 is 5.32 Å². The second kappa shape index (κ2) is 6.76. The Balaban J connectivity index is 1.71. The molecule has 110 valence electrons. The third-order valence-corrected chi connectivity index (χ3v) is 5.36. The second-order valence-corrected chi connectivity index (χ2v) is 6.77. The van der Waals surface area contributed by atoms with Gasteiger partial charge in [0.15, 0.2) is 0 Å². The molecule has 1 aromatic carbocycles. The molecule has 20 heavy (non-hydrogen) atoms. The first-order chi connectivity index (χ1) is 9.88. The third kappa shape index (κ3) is 3.09. The molecular formula is C19H29N. The van der Waals surface area contributed by atoms with Crippen LogP contribution in [0.4, 0.5) is 0 Å². The molecule has 2 aliphatic rings. The fraction of sp³-hybridized carbons (Fsp3) is 0.684. The molecule has 0 spiro atoms. The Morgan fingerprint density at radius 3 is 2.25 bits per heavy atom. The summed E-state index contributed by atoms with van der Waals surface area (Å²) >= 11 is 0. The van der Waals surface area contributed by atoms with Crippen molar-refractivity contribution in [3.63, 3.8) is 0 Å². The number of benzene rings is 1. The lowest BCUT2D eigenvalue weighted by atomic mass is 9.79. The lowest BCUT2D eigenvalue weighted by molar-refractivity contribution is 0.368. The van der Waals surface area contributed by atoms with Gasteiger partial charge < -0.3 is 5.32 Å². The molecule has 1 aromatic rings. The van der Waals surface area contributed by atoms with Gasteiger partial charge >= 0.3 is 0 Å². The standard InChI is InChI=1S/C19H29N/c1-2-14-20-19(17-6-3-4-7-17)18-12-10-16(11-13-18)15-8-5-9-15/h10-13,15,17,19-20H,2-9,14H2,1H3. The highest BCUT2D eigenvalue weighted by atomic mass is 14.9. The van der Waals surface area contributed by atoms with Gasteiger partial charge in [0.25, 0.3) is 0 Å². The molecule has 1 N–H and O–H groups in total. The molecule has 0 radical (unpaired) electrons. The maximum absolute atomic E-state index is 3.80. The first-order valence-corrected chi connectivity index (χ1v) is 8.71. The van der Waals surface area contributed by atoms with E-state index in [1.165, 1.54) is 56.9 Å². The van der Waals surface area contributed by atoms with E-state index >= 15 is 0 Å². The Hall–Kier alpha value is -0.820. The zero-order valence-electron chi connectivity index (χ0n) is 12.9. The van der Waals surface area contributed by atoms with Gasteiger partial charge in [-0.3, -0.25) is 0 Å². The summed E-state index contributed by atoms with van der Waals surface area (Å²) in [6, 6.07) is 10.2. The molecule has 1 heteroatoms. The average molecular weight is 271 g/mol. The van der Waals surface area contributed by atoms with Gasteiger partial charge in [0.1, 0.15) is 0 Å². The van der Waals surface area contributed by atoms with E-state index in [9.17, 15) is 0 Å². The summed E-state index contributed by atoms with van der Waals surface area (Å²) in [6.07, 6.45) is 11.1. The number of nitrogens with one attached hydrogen (secondary N) is 1. The van der Waals surface area contributed by atoms with E-state index in [2.05, 4.69) is 36.5 Å². The smallest absolute Gasteiger partial charge is 0.0348 e. The molecule has 0 bridgehead atoms. The molecule has 0 aromatic heterocycles. The Labute approximate surface area is 124 Å². The van der Waals surface area contributed by atoms with Crippen LogP contribution in [0.2, 0.25) is 0 Å². The Morgan fingerprint density at radius 2 is 1.70 bits per heavy atom. The van der Waals surface area contributed by atoms with Crippen LogP contribution in [-0.2, 0) is 0 Å². The van der Waals surface area contributed by atoms with Gasteiger partial charge in [0.05, 0.1) is 0 Å². The molecular weight excluding hydrogens is 242 g/mol. The highest BCUT2D eigenvalue weighted by molar-refractivity contribution is 5.29. The minimum Gasteiger partial charge on any atom is -0.310 e. The molecule has 0 heterocycles. The van der Waals surface area contributed by atoms with E-state index in [1.54, 1.807) is 5.56 Å². The van der Waals surface area contributed by atoms with Crippen molar-refractivity contribution in [2.75, 3.05) is 6.54 Å². The Bertz CT molecular complexity index is 398. The lowest BCUT2D eigenvalue weighted by Crippen LogP contribution is -2.27. The van der Waals surface area contributed by atoms with Crippen LogP contribution in [-0.4, -0.2) is 6.54 Å². The van der Waals surface area contributed by atoms with E-state index in [1.807, 2.05) is 0 Å². The summed E-state index contributed by atoms with van der Waals surface area (Å²) < 4.78 is 0. The van der Waals surface area contributed by atoms with Crippen LogP contribution in [0.3, 0.4) is 0 Å². The van der Waals surface area contributed by atoms with Crippen molar-refractivity contribution >= 4 is 0 Å². The zero-order chi connectivity index (χ0) is 13.8. The average Bonchev–Trinajstić information content (AvgIpc) is 2.93. The molecule has 0 amide bonds. The summed E-state index contributed by atoms with van der Waals surface area (Å²) in [4.78, 5) is 0. The fourth-order valence-corrected chi connectivity index (χ4v) is 3.86. The van der Waals surface area contributed by atoms with Crippen molar-refractivity contribution < 1.29 is 0 Å². The molecule has 2 aliphatic carbocycles. The summed E-state index contributed by atoms with van der Waals surface area (Å²) in [7, 11) is 0. The molecule has 2 fully saturated rings. The van der Waals surface area contributed by atoms with Gasteiger partial charge in [-0.05, 0) is 61.6 Å². The van der Waals surface area contributed by atoms with Gasteiger partial charge in [-0.15, -0.1) is 0 Å². The lowest BCUT2D eigenvalue weighted by Gasteiger charge is -2.28. The van der Waals surface area contributed by atoms with E-state index in [-0.39, 0.29) is 0 Å². The van der Waals surface area contributed by atoms with Crippen molar-refractivity contribution in [3.8, 4) is 0 Å². The Kier molecular flexibility index (Phi) is 4.77. The van der Waals surface area contributed by atoms with Crippen LogP contribution in [0.1, 0.15) is 81.4 Å². The van der Waals surface area contributed by atoms with Crippen molar-refractivity contribution in [2.24, 2.45) is 5.92 Å². The van der Waals surface area contributed by atoms with Crippen LogP contribution in [0.25, 0.3) is 0 Å². The van der Waals surface area contributed by atoms with Crippen molar-refractivity contribution in [1.29, 1.82) is 0 Å². The van der Waals surface area contributed by atoms with Crippen molar-refractivity contribution in [3.05, 3.63) is 35.4 Å². The minimum absolute atomic E-state index is 0.591. The predicted molar refractivity (Wildman–Crippen MR) is 86.0 cm³/mol. The first kappa shape index (κ1) is 14.1. The van der Waals surface area contributed by atoms with Gasteiger partial charge in [-0.25, -0.2) is 0 Å². The third-order valence-electron chi connectivity index (χ3n) is 5.36. The normalized spacial score (nSPS) is 21.9. The van der Waals surface area contributed by atoms with Gasteiger partial charge in [-0.1, -0.05) is 50.5 Å². The van der Waals surface area contributed by atoms with Crippen LogP contribution >= 0.6 is 0 Å². The molecule has 1 nitrogen and oxygen atoms in total. The second-order valence-electron chi connectivity index (χ2n) is 6.77. The highest BCUT2D eigenvalue weighted by Crippen LogP contribution is 2.39. The summed E-state index contributed by atoms with van der Waals surface area (Å²) in [6.45, 7) is 3.41. The number of hydrogen-bond donors (Lipinski definition) is 1. The van der Waals surface area contributed by atoms with E-state index in [0.29, 0.717) is 6.04 Å². The monoisotopic (exact) mass is 271 g/mol. The molecule has 0 saturated heterocycles. The minimum atomic E-state index is 0.591. The summed E-state index contributed by atoms with van der Waals surface area (Å²) in [5.41, 5.74) is 3.09. The molecule has 3 rings (SSSR count). The molecule has 1 unspecified atom stereocenters. The van der Waals surface area contributed by atoms with Crippen LogP contribution in [0.5, 0.6) is 0 Å². The fourth-order valence-electron chi connectivity index (χ4n) is 3.86. The zero-order valence-corrected chi connectivity index (χ0v) is 12.9. The maximum Gasteiger partial charge on any atom is 0.0348 e. The van der Waals surface area contributed by atoms with E-state index < -0.39 is 0 Å². The molecule has 1 atom stereocenters. The van der Waals surface area contributed by atoms with Crippen molar-refractivity contribution in [1.82, 2.24) is 5.32 Å². The largest absolute Gasteiger partial charge is 0.310 e. The SMILES string of the molecule is CCCNC(c1ccc(C2CCC2)cc1)C1CCCC1. The predicted octanol–water partition coefficient (Wildman–Crippen LogP) is 5.19. The Morgan fingerprint density at radius 1 is 1.00 bits per heavy atom. The van der Waals surface area contributed by atoms with Gasteiger partial charge in [0, 0.05) is 6.04 Å². The summed E-state index contributed by atoms with van der Waals surface area (Å²) in [5.74, 6) is 1.72. The van der Waals surface area contributed by atoms with Crippen LogP contribution in [0.15, 0.2) is 24.3 Å². The quantitative estimate of drug-likeness (QED) is 0.751. The summed E-state index contributed by atoms with van der Waals surface area (Å²) in [5, 5.41) is 3.80. The van der Waals surface area contributed by atoms with E-state index in [4.69, 9.17) is 0 Å². The van der Waals surface area contributed by atoms with Gasteiger partial charge in [0.2, 0.25) is 0 Å². The van der Waals surface area contributed by atoms with Crippen LogP contribution in [0, 0.1) is 5.92 Å². The van der Waals surface area contributed by atoms with Gasteiger partial charge in [-0.2, -0.15) is 0 Å².